The first kappa shape index (κ1) is 16.6. The van der Waals surface area contributed by atoms with Crippen molar-refractivity contribution in [1.29, 1.82) is 5.26 Å². The van der Waals surface area contributed by atoms with Crippen LogP contribution in [0.3, 0.4) is 0 Å². The van der Waals surface area contributed by atoms with Crippen LogP contribution in [0.5, 0.6) is 11.5 Å². The molecule has 0 aliphatic heterocycles. The molecule has 0 saturated heterocycles. The van der Waals surface area contributed by atoms with Crippen LogP contribution < -0.4 is 15.0 Å². The van der Waals surface area contributed by atoms with Gasteiger partial charge in [0.2, 0.25) is 0 Å². The molecule has 0 atom stereocenters. The quantitative estimate of drug-likeness (QED) is 0.827. The van der Waals surface area contributed by atoms with Crippen molar-refractivity contribution in [2.45, 2.75) is 6.92 Å². The van der Waals surface area contributed by atoms with Crippen LogP contribution in [0.2, 0.25) is 0 Å². The van der Waals surface area contributed by atoms with E-state index in [0.29, 0.717) is 41.5 Å². The highest BCUT2D eigenvalue weighted by Crippen LogP contribution is 2.33. The van der Waals surface area contributed by atoms with Crippen molar-refractivity contribution in [3.63, 3.8) is 0 Å². The van der Waals surface area contributed by atoms with Gasteiger partial charge in [-0.2, -0.15) is 5.26 Å². The van der Waals surface area contributed by atoms with Gasteiger partial charge >= 0.3 is 0 Å². The number of hydrogen-bond donors (Lipinski definition) is 1. The Morgan fingerprint density at radius 2 is 1.96 bits per heavy atom. The van der Waals surface area contributed by atoms with E-state index >= 15 is 0 Å². The molecule has 1 aromatic heterocycles. The second-order valence-electron chi connectivity index (χ2n) is 4.89. The molecule has 0 amide bonds. The Hall–Kier alpha value is -2.78. The number of benzene rings is 1. The Kier molecular flexibility index (Phi) is 5.39. The number of pyridine rings is 1. The van der Waals surface area contributed by atoms with Crippen molar-refractivity contribution in [2.75, 3.05) is 27.4 Å². The van der Waals surface area contributed by atoms with Gasteiger partial charge in [0.25, 0.3) is 5.56 Å². The molecule has 23 heavy (non-hydrogen) atoms. The van der Waals surface area contributed by atoms with E-state index in [2.05, 4.69) is 4.98 Å². The highest BCUT2D eigenvalue weighted by Gasteiger charge is 2.13. The number of ether oxygens (including phenoxy) is 3. The number of H-pyrrole nitrogens is 1. The summed E-state index contributed by atoms with van der Waals surface area (Å²) < 4.78 is 15.9. The molecule has 0 spiro atoms. The minimum absolute atomic E-state index is 0.0747. The smallest absolute Gasteiger partial charge is 0.266 e. The van der Waals surface area contributed by atoms with Gasteiger partial charge in [0.05, 0.1) is 13.7 Å². The fraction of sp³-hybridized carbons (Fsp3) is 0.294. The number of rotatable bonds is 6. The zero-order valence-electron chi connectivity index (χ0n) is 13.3. The van der Waals surface area contributed by atoms with E-state index in [1.807, 2.05) is 6.07 Å². The molecule has 1 aromatic carbocycles. The Morgan fingerprint density at radius 3 is 2.61 bits per heavy atom. The van der Waals surface area contributed by atoms with Crippen LogP contribution in [0.15, 0.2) is 29.1 Å². The summed E-state index contributed by atoms with van der Waals surface area (Å²) in [5.74, 6) is 1.11. The molecule has 0 fully saturated rings. The topological polar surface area (TPSA) is 84.3 Å². The van der Waals surface area contributed by atoms with Gasteiger partial charge < -0.3 is 19.2 Å². The molecule has 0 radical (unpaired) electrons. The Balaban J connectivity index is 2.46. The van der Waals surface area contributed by atoms with Gasteiger partial charge in [0.1, 0.15) is 18.2 Å². The van der Waals surface area contributed by atoms with Crippen molar-refractivity contribution in [3.05, 3.63) is 45.9 Å². The van der Waals surface area contributed by atoms with E-state index < -0.39 is 5.56 Å². The summed E-state index contributed by atoms with van der Waals surface area (Å²) in [5, 5.41) is 9.24. The van der Waals surface area contributed by atoms with Crippen molar-refractivity contribution in [1.82, 2.24) is 4.98 Å². The molecular formula is C17H18N2O4. The van der Waals surface area contributed by atoms with Crippen LogP contribution in [-0.2, 0) is 4.74 Å². The van der Waals surface area contributed by atoms with Crippen molar-refractivity contribution in [3.8, 4) is 28.7 Å². The summed E-state index contributed by atoms with van der Waals surface area (Å²) in [6.07, 6.45) is 0. The van der Waals surface area contributed by atoms with Crippen LogP contribution in [0, 0.1) is 18.3 Å². The first-order chi connectivity index (χ1) is 11.1. The van der Waals surface area contributed by atoms with Crippen LogP contribution >= 0.6 is 0 Å². The molecule has 0 unspecified atom stereocenters. The normalized spacial score (nSPS) is 10.2. The summed E-state index contributed by atoms with van der Waals surface area (Å²) in [5.41, 5.74) is 1.64. The van der Waals surface area contributed by atoms with Gasteiger partial charge in [-0.25, -0.2) is 0 Å². The Bertz CT molecular complexity index is 790. The molecule has 1 heterocycles. The van der Waals surface area contributed by atoms with E-state index in [0.717, 1.165) is 0 Å². The van der Waals surface area contributed by atoms with Gasteiger partial charge in [-0.15, -0.1) is 0 Å². The lowest BCUT2D eigenvalue weighted by Gasteiger charge is -2.13. The maximum Gasteiger partial charge on any atom is 0.266 e. The molecule has 0 aliphatic rings. The highest BCUT2D eigenvalue weighted by atomic mass is 16.5. The molecule has 0 saturated carbocycles. The number of nitrogens with one attached hydrogen (secondary N) is 1. The van der Waals surface area contributed by atoms with Crippen LogP contribution in [-0.4, -0.2) is 32.4 Å². The van der Waals surface area contributed by atoms with Gasteiger partial charge in [-0.3, -0.25) is 4.79 Å². The Morgan fingerprint density at radius 1 is 1.17 bits per heavy atom. The van der Waals surface area contributed by atoms with E-state index in [9.17, 15) is 10.1 Å². The predicted octanol–water partition coefficient (Wildman–Crippen LogP) is 2.26. The standard InChI is InChI=1S/C17H18N2O4/c1-11-8-13(14(10-18)17(20)19-11)12-4-5-15(16(9-12)22-3)23-7-6-21-2/h4-5,8-9H,6-7H2,1-3H3,(H,19,20). The van der Waals surface area contributed by atoms with Crippen LogP contribution in [0.4, 0.5) is 0 Å². The zero-order valence-corrected chi connectivity index (χ0v) is 13.3. The summed E-state index contributed by atoms with van der Waals surface area (Å²) in [6.45, 7) is 2.64. The average Bonchev–Trinajstić information content (AvgIpc) is 2.54. The fourth-order valence-electron chi connectivity index (χ4n) is 2.22. The average molecular weight is 314 g/mol. The molecule has 6 nitrogen and oxygen atoms in total. The molecule has 2 rings (SSSR count). The van der Waals surface area contributed by atoms with Crippen molar-refractivity contribution >= 4 is 0 Å². The maximum atomic E-state index is 11.9. The number of nitrogens with zero attached hydrogens (tertiary/aromatic N) is 1. The molecule has 0 aliphatic carbocycles. The third kappa shape index (κ3) is 3.71. The largest absolute Gasteiger partial charge is 0.493 e. The minimum Gasteiger partial charge on any atom is -0.493 e. The molecule has 0 bridgehead atoms. The molecule has 1 N–H and O–H groups in total. The lowest BCUT2D eigenvalue weighted by molar-refractivity contribution is 0.144. The Labute approximate surface area is 134 Å². The first-order valence-electron chi connectivity index (χ1n) is 7.05. The van der Waals surface area contributed by atoms with Gasteiger partial charge in [-0.1, -0.05) is 6.07 Å². The van der Waals surface area contributed by atoms with Gasteiger partial charge in [-0.05, 0) is 30.7 Å². The van der Waals surface area contributed by atoms with E-state index in [-0.39, 0.29) is 5.56 Å². The second kappa shape index (κ2) is 7.47. The molecular weight excluding hydrogens is 296 g/mol. The SMILES string of the molecule is COCCOc1ccc(-c2cc(C)[nH]c(=O)c2C#N)cc1OC. The first-order valence-corrected chi connectivity index (χ1v) is 7.05. The number of aryl methyl sites for hydroxylation is 1. The molecule has 2 aromatic rings. The number of hydrogen-bond acceptors (Lipinski definition) is 5. The maximum absolute atomic E-state index is 11.9. The summed E-state index contributed by atoms with van der Waals surface area (Å²) in [4.78, 5) is 14.5. The number of nitriles is 1. The number of aromatic amines is 1. The van der Waals surface area contributed by atoms with E-state index in [1.165, 1.54) is 7.11 Å². The van der Waals surface area contributed by atoms with Crippen molar-refractivity contribution < 1.29 is 14.2 Å². The lowest BCUT2D eigenvalue weighted by atomic mass is 10.0. The second-order valence-corrected chi connectivity index (χ2v) is 4.89. The summed E-state index contributed by atoms with van der Waals surface area (Å²) >= 11 is 0. The number of methoxy groups -OCH3 is 2. The zero-order chi connectivity index (χ0) is 16.8. The van der Waals surface area contributed by atoms with Crippen LogP contribution in [0.25, 0.3) is 11.1 Å². The van der Waals surface area contributed by atoms with Gasteiger partial charge in [0, 0.05) is 18.4 Å². The molecule has 6 heteroatoms. The van der Waals surface area contributed by atoms with Crippen LogP contribution in [0.1, 0.15) is 11.3 Å². The predicted molar refractivity (Wildman–Crippen MR) is 85.9 cm³/mol. The number of aromatic nitrogens is 1. The van der Waals surface area contributed by atoms with Crippen molar-refractivity contribution in [2.24, 2.45) is 0 Å². The third-order valence-corrected chi connectivity index (χ3v) is 3.30. The lowest BCUT2D eigenvalue weighted by Crippen LogP contribution is -2.12. The summed E-state index contributed by atoms with van der Waals surface area (Å²) in [6, 6.07) is 9.01. The molecule has 120 valence electrons. The summed E-state index contributed by atoms with van der Waals surface area (Å²) in [7, 11) is 3.14. The minimum atomic E-state index is -0.401. The third-order valence-electron chi connectivity index (χ3n) is 3.30. The highest BCUT2D eigenvalue weighted by molar-refractivity contribution is 5.72. The van der Waals surface area contributed by atoms with E-state index in [1.54, 1.807) is 38.3 Å². The van der Waals surface area contributed by atoms with Gasteiger partial charge in [0.15, 0.2) is 11.5 Å². The monoisotopic (exact) mass is 314 g/mol. The fourth-order valence-corrected chi connectivity index (χ4v) is 2.22. The van der Waals surface area contributed by atoms with E-state index in [4.69, 9.17) is 14.2 Å².